The molecule has 2 N–H and O–H groups in total. The van der Waals surface area contributed by atoms with Gasteiger partial charge in [-0.25, -0.2) is 9.59 Å². The predicted octanol–water partition coefficient (Wildman–Crippen LogP) is 3.40. The molecule has 140 valence electrons. The van der Waals surface area contributed by atoms with E-state index >= 15 is 0 Å². The number of rotatable bonds is 6. The Kier molecular flexibility index (Phi) is 6.10. The van der Waals surface area contributed by atoms with Crippen molar-refractivity contribution in [3.63, 3.8) is 0 Å². The Morgan fingerprint density at radius 3 is 2.81 bits per heavy atom. The number of carbonyl (C=O) groups excluding carboxylic acids is 1. The fraction of sp³-hybridized carbons (Fsp3) is 0.238. The van der Waals surface area contributed by atoms with E-state index in [0.29, 0.717) is 6.54 Å². The lowest BCUT2D eigenvalue weighted by Crippen LogP contribution is -2.37. The van der Waals surface area contributed by atoms with Gasteiger partial charge in [0.05, 0.1) is 6.54 Å². The Bertz CT molecular complexity index is 832. The van der Waals surface area contributed by atoms with Crippen LogP contribution in [0.15, 0.2) is 54.6 Å². The number of carboxylic acid groups (broad SMARTS) is 1. The lowest BCUT2D eigenvalue weighted by molar-refractivity contribution is -0.131. The molecule has 1 heterocycles. The van der Waals surface area contributed by atoms with Crippen LogP contribution in [0.25, 0.3) is 6.08 Å². The minimum Gasteiger partial charge on any atom is -0.488 e. The van der Waals surface area contributed by atoms with Gasteiger partial charge in [-0.2, -0.15) is 0 Å². The topological polar surface area (TPSA) is 84.9 Å². The van der Waals surface area contributed by atoms with E-state index in [1.807, 2.05) is 48.5 Å². The Morgan fingerprint density at radius 1 is 1.22 bits per heavy atom. The summed E-state index contributed by atoms with van der Waals surface area (Å²) in [5.74, 6) is -0.215. The zero-order valence-electron chi connectivity index (χ0n) is 14.8. The van der Waals surface area contributed by atoms with Crippen molar-refractivity contribution in [1.82, 2.24) is 5.32 Å². The average Bonchev–Trinajstić information content (AvgIpc) is 2.69. The van der Waals surface area contributed by atoms with E-state index in [0.717, 1.165) is 41.4 Å². The summed E-state index contributed by atoms with van der Waals surface area (Å²) in [6, 6.07) is 15.1. The maximum absolute atomic E-state index is 11.8. The molecule has 0 saturated heterocycles. The molecule has 0 saturated carbocycles. The fourth-order valence-corrected chi connectivity index (χ4v) is 2.85. The van der Waals surface area contributed by atoms with Gasteiger partial charge >= 0.3 is 12.1 Å². The normalized spacial score (nSPS) is 15.6. The van der Waals surface area contributed by atoms with Crippen LogP contribution in [0, 0.1) is 0 Å². The highest BCUT2D eigenvalue weighted by molar-refractivity contribution is 5.85. The molecule has 6 heteroatoms. The highest BCUT2D eigenvalue weighted by atomic mass is 16.5. The number of alkyl carbamates (subject to hydrolysis) is 1. The van der Waals surface area contributed by atoms with Crippen molar-refractivity contribution in [3.8, 4) is 5.75 Å². The largest absolute Gasteiger partial charge is 0.488 e. The van der Waals surface area contributed by atoms with E-state index in [-0.39, 0.29) is 12.7 Å². The van der Waals surface area contributed by atoms with Gasteiger partial charge in [0.15, 0.2) is 0 Å². The van der Waals surface area contributed by atoms with Gasteiger partial charge in [-0.15, -0.1) is 0 Å². The SMILES string of the molecule is O=C(O)/C=C/c1ccc2c(c1)CC[C@H](CNC(=O)OCc1ccccc1)O2. The number of carbonyl (C=O) groups is 2. The molecule has 0 aromatic heterocycles. The van der Waals surface area contributed by atoms with Gasteiger partial charge in [0.1, 0.15) is 18.5 Å². The molecule has 2 aromatic rings. The van der Waals surface area contributed by atoms with Gasteiger partial charge in [0, 0.05) is 6.08 Å². The Hall–Kier alpha value is -3.28. The van der Waals surface area contributed by atoms with Crippen LogP contribution in [0.4, 0.5) is 4.79 Å². The first-order valence-corrected chi connectivity index (χ1v) is 8.75. The molecule has 3 rings (SSSR count). The summed E-state index contributed by atoms with van der Waals surface area (Å²) >= 11 is 0. The fourth-order valence-electron chi connectivity index (χ4n) is 2.85. The van der Waals surface area contributed by atoms with Crippen molar-refractivity contribution >= 4 is 18.1 Å². The van der Waals surface area contributed by atoms with Crippen LogP contribution < -0.4 is 10.1 Å². The second-order valence-electron chi connectivity index (χ2n) is 6.26. The zero-order chi connectivity index (χ0) is 19.1. The van der Waals surface area contributed by atoms with Crippen LogP contribution in [-0.4, -0.2) is 29.8 Å². The number of ether oxygens (including phenoxy) is 2. The molecule has 0 spiro atoms. The van der Waals surface area contributed by atoms with E-state index in [4.69, 9.17) is 14.6 Å². The van der Waals surface area contributed by atoms with Crippen LogP contribution in [0.1, 0.15) is 23.1 Å². The van der Waals surface area contributed by atoms with Gasteiger partial charge in [-0.1, -0.05) is 36.4 Å². The highest BCUT2D eigenvalue weighted by Crippen LogP contribution is 2.28. The van der Waals surface area contributed by atoms with Crippen molar-refractivity contribution in [2.24, 2.45) is 0 Å². The van der Waals surface area contributed by atoms with E-state index < -0.39 is 12.1 Å². The van der Waals surface area contributed by atoms with E-state index in [1.54, 1.807) is 6.08 Å². The Balaban J connectivity index is 1.47. The van der Waals surface area contributed by atoms with Crippen molar-refractivity contribution < 1.29 is 24.2 Å². The van der Waals surface area contributed by atoms with Crippen LogP contribution in [0.2, 0.25) is 0 Å². The molecule has 6 nitrogen and oxygen atoms in total. The molecule has 1 aliphatic rings. The third kappa shape index (κ3) is 5.60. The van der Waals surface area contributed by atoms with Gasteiger partial charge in [-0.05, 0) is 47.7 Å². The predicted molar refractivity (Wildman–Crippen MR) is 100 cm³/mol. The van der Waals surface area contributed by atoms with E-state index in [1.165, 1.54) is 0 Å². The number of fused-ring (bicyclic) bond motifs is 1. The third-order valence-corrected chi connectivity index (χ3v) is 4.22. The minimum atomic E-state index is -0.978. The number of amides is 1. The van der Waals surface area contributed by atoms with Gasteiger partial charge in [0.25, 0.3) is 0 Å². The maximum atomic E-state index is 11.8. The van der Waals surface area contributed by atoms with Crippen LogP contribution >= 0.6 is 0 Å². The second kappa shape index (κ2) is 8.89. The number of hydrogen-bond acceptors (Lipinski definition) is 4. The molecule has 0 unspecified atom stereocenters. The molecule has 2 aromatic carbocycles. The van der Waals surface area contributed by atoms with Gasteiger partial charge in [-0.3, -0.25) is 0 Å². The average molecular weight is 367 g/mol. The van der Waals surface area contributed by atoms with E-state index in [2.05, 4.69) is 5.32 Å². The number of benzene rings is 2. The summed E-state index contributed by atoms with van der Waals surface area (Å²) in [5, 5.41) is 11.4. The number of hydrogen-bond donors (Lipinski definition) is 2. The Morgan fingerprint density at radius 2 is 2.04 bits per heavy atom. The molecule has 27 heavy (non-hydrogen) atoms. The highest BCUT2D eigenvalue weighted by Gasteiger charge is 2.20. The monoisotopic (exact) mass is 367 g/mol. The molecule has 0 radical (unpaired) electrons. The summed E-state index contributed by atoms with van der Waals surface area (Å²) in [6.45, 7) is 0.599. The minimum absolute atomic E-state index is 0.123. The summed E-state index contributed by atoms with van der Waals surface area (Å²) in [4.78, 5) is 22.4. The molecule has 1 aliphatic heterocycles. The summed E-state index contributed by atoms with van der Waals surface area (Å²) in [7, 11) is 0. The number of carboxylic acids is 1. The smallest absolute Gasteiger partial charge is 0.407 e. The Labute approximate surface area is 157 Å². The molecular formula is C21H21NO5. The zero-order valence-corrected chi connectivity index (χ0v) is 14.8. The van der Waals surface area contributed by atoms with E-state index in [9.17, 15) is 9.59 Å². The lowest BCUT2D eigenvalue weighted by Gasteiger charge is -2.26. The van der Waals surface area contributed by atoms with Crippen molar-refractivity contribution in [2.75, 3.05) is 6.54 Å². The van der Waals surface area contributed by atoms with Crippen molar-refractivity contribution in [3.05, 3.63) is 71.3 Å². The summed E-state index contributed by atoms with van der Waals surface area (Å²) in [5.41, 5.74) is 2.79. The van der Waals surface area contributed by atoms with Crippen molar-refractivity contribution in [1.29, 1.82) is 0 Å². The maximum Gasteiger partial charge on any atom is 0.407 e. The molecule has 1 atom stereocenters. The summed E-state index contributed by atoms with van der Waals surface area (Å²) < 4.78 is 11.1. The molecule has 0 fully saturated rings. The first-order chi connectivity index (χ1) is 13.1. The van der Waals surface area contributed by atoms with Crippen LogP contribution in [-0.2, 0) is 22.6 Å². The molecule has 0 bridgehead atoms. The van der Waals surface area contributed by atoms with Crippen LogP contribution in [0.5, 0.6) is 5.75 Å². The third-order valence-electron chi connectivity index (χ3n) is 4.22. The first-order valence-electron chi connectivity index (χ1n) is 8.75. The van der Waals surface area contributed by atoms with Crippen molar-refractivity contribution in [2.45, 2.75) is 25.6 Å². The molecule has 0 aliphatic carbocycles. The number of nitrogens with one attached hydrogen (secondary N) is 1. The molecular weight excluding hydrogens is 346 g/mol. The van der Waals surface area contributed by atoms with Gasteiger partial charge in [0.2, 0.25) is 0 Å². The molecule has 1 amide bonds. The standard InChI is InChI=1S/C21H21NO5/c23-20(24)11-7-15-6-10-19-17(12-15)8-9-18(27-19)13-22-21(25)26-14-16-4-2-1-3-5-16/h1-7,10-12,18H,8-9,13-14H2,(H,22,25)(H,23,24)/b11-7+/t18-/m1/s1. The van der Waals surface area contributed by atoms with Gasteiger partial charge < -0.3 is 19.9 Å². The lowest BCUT2D eigenvalue weighted by atomic mass is 9.99. The summed E-state index contributed by atoms with van der Waals surface area (Å²) in [6.07, 6.45) is 3.63. The van der Waals surface area contributed by atoms with Crippen LogP contribution in [0.3, 0.4) is 0 Å². The number of aryl methyl sites for hydroxylation is 1. The number of aliphatic carboxylic acids is 1. The quantitative estimate of drug-likeness (QED) is 0.765. The second-order valence-corrected chi connectivity index (χ2v) is 6.26. The first kappa shape index (κ1) is 18.5.